The Balaban J connectivity index is 1.50. The lowest BCUT2D eigenvalue weighted by Crippen LogP contribution is -2.32. The number of nitrogens with one attached hydrogen (secondary N) is 1. The molecule has 0 spiro atoms. The molecule has 1 heterocycles. The molecule has 178 valence electrons. The van der Waals surface area contributed by atoms with Crippen molar-refractivity contribution in [2.45, 2.75) is 0 Å². The molecule has 1 aliphatic heterocycles. The van der Waals surface area contributed by atoms with Crippen molar-refractivity contribution >= 4 is 52.4 Å². The van der Waals surface area contributed by atoms with Crippen LogP contribution in [0.25, 0.3) is 0 Å². The summed E-state index contributed by atoms with van der Waals surface area (Å²) in [6.45, 7) is 0. The first-order valence-electron chi connectivity index (χ1n) is 10.2. The topological polar surface area (TPSA) is 94.2 Å². The van der Waals surface area contributed by atoms with Gasteiger partial charge in [0.05, 0.1) is 25.5 Å². The van der Waals surface area contributed by atoms with Crippen LogP contribution >= 0.6 is 23.2 Å². The number of methoxy groups -OCH3 is 2. The van der Waals surface area contributed by atoms with Crippen LogP contribution in [0.2, 0.25) is 5.02 Å². The third-order valence-corrected chi connectivity index (χ3v) is 5.64. The number of amides is 2. The van der Waals surface area contributed by atoms with E-state index in [1.165, 1.54) is 32.4 Å². The zero-order valence-corrected chi connectivity index (χ0v) is 20.0. The summed E-state index contributed by atoms with van der Waals surface area (Å²) in [6.07, 6.45) is 0. The van der Waals surface area contributed by atoms with E-state index in [1.807, 2.05) is 0 Å². The van der Waals surface area contributed by atoms with Gasteiger partial charge in [0.1, 0.15) is 28.0 Å². The average molecular weight is 513 g/mol. The van der Waals surface area contributed by atoms with Crippen LogP contribution in [0.1, 0.15) is 10.4 Å². The summed E-state index contributed by atoms with van der Waals surface area (Å²) in [4.78, 5) is 39.2. The number of benzene rings is 3. The zero-order chi connectivity index (χ0) is 25.1. The minimum Gasteiger partial charge on any atom is -0.497 e. The predicted octanol–water partition coefficient (Wildman–Crippen LogP) is 5.01. The van der Waals surface area contributed by atoms with Gasteiger partial charge < -0.3 is 19.5 Å². The SMILES string of the molecule is COc1cccc(OC(=O)c2ccc(NC3=C(Cl)C(=O)N(c4cc(Cl)ccc4OC)C3=O)cc2)c1. The van der Waals surface area contributed by atoms with Gasteiger partial charge in [0.25, 0.3) is 11.8 Å². The van der Waals surface area contributed by atoms with E-state index >= 15 is 0 Å². The lowest BCUT2D eigenvalue weighted by molar-refractivity contribution is -0.120. The lowest BCUT2D eigenvalue weighted by atomic mass is 10.2. The van der Waals surface area contributed by atoms with Crippen LogP contribution in [0, 0.1) is 0 Å². The molecule has 0 fully saturated rings. The summed E-state index contributed by atoms with van der Waals surface area (Å²) in [7, 11) is 2.93. The van der Waals surface area contributed by atoms with Crippen LogP contribution in [0.3, 0.4) is 0 Å². The van der Waals surface area contributed by atoms with E-state index in [-0.39, 0.29) is 27.7 Å². The molecule has 2 amide bonds. The second-order valence-corrected chi connectivity index (χ2v) is 8.04. The van der Waals surface area contributed by atoms with Gasteiger partial charge in [-0.1, -0.05) is 29.3 Å². The molecule has 35 heavy (non-hydrogen) atoms. The first kappa shape index (κ1) is 24.1. The lowest BCUT2D eigenvalue weighted by Gasteiger charge is -2.18. The van der Waals surface area contributed by atoms with E-state index in [4.69, 9.17) is 37.4 Å². The van der Waals surface area contributed by atoms with Crippen molar-refractivity contribution in [1.29, 1.82) is 0 Å². The Kier molecular flexibility index (Phi) is 6.95. The van der Waals surface area contributed by atoms with Crippen LogP contribution in [0.15, 0.2) is 77.5 Å². The first-order valence-corrected chi connectivity index (χ1v) is 10.9. The van der Waals surface area contributed by atoms with E-state index in [9.17, 15) is 14.4 Å². The van der Waals surface area contributed by atoms with Crippen molar-refractivity contribution < 1.29 is 28.6 Å². The maximum absolute atomic E-state index is 13.1. The minimum atomic E-state index is -0.724. The number of hydrogen-bond acceptors (Lipinski definition) is 7. The molecule has 0 saturated carbocycles. The Morgan fingerprint density at radius 3 is 2.26 bits per heavy atom. The molecule has 3 aromatic rings. The number of carbonyl (C=O) groups excluding carboxylic acids is 3. The highest BCUT2D eigenvalue weighted by Crippen LogP contribution is 2.37. The third kappa shape index (κ3) is 4.94. The summed E-state index contributed by atoms with van der Waals surface area (Å²) in [5.41, 5.74) is 0.751. The molecule has 0 atom stereocenters. The van der Waals surface area contributed by atoms with Crippen molar-refractivity contribution in [3.8, 4) is 17.2 Å². The Morgan fingerprint density at radius 2 is 1.57 bits per heavy atom. The molecule has 1 aliphatic rings. The molecular weight excluding hydrogens is 495 g/mol. The van der Waals surface area contributed by atoms with Gasteiger partial charge in [0.2, 0.25) is 0 Å². The highest BCUT2D eigenvalue weighted by atomic mass is 35.5. The summed E-state index contributed by atoms with van der Waals surface area (Å²) in [5.74, 6) is -0.810. The number of anilines is 2. The molecule has 8 nitrogen and oxygen atoms in total. The van der Waals surface area contributed by atoms with Crippen molar-refractivity contribution in [3.63, 3.8) is 0 Å². The molecule has 0 radical (unpaired) electrons. The first-order chi connectivity index (χ1) is 16.8. The van der Waals surface area contributed by atoms with E-state index in [0.717, 1.165) is 4.90 Å². The Labute approximate surface area is 210 Å². The number of ether oxygens (including phenoxy) is 3. The van der Waals surface area contributed by atoms with E-state index in [0.29, 0.717) is 22.2 Å². The second kappa shape index (κ2) is 10.1. The van der Waals surface area contributed by atoms with Crippen molar-refractivity contribution in [2.24, 2.45) is 0 Å². The summed E-state index contributed by atoms with van der Waals surface area (Å²) < 4.78 is 15.7. The minimum absolute atomic E-state index is 0.120. The molecule has 10 heteroatoms. The number of nitrogens with zero attached hydrogens (tertiary/aromatic N) is 1. The molecular formula is C25H18Cl2N2O6. The maximum atomic E-state index is 13.1. The molecule has 0 saturated heterocycles. The maximum Gasteiger partial charge on any atom is 0.343 e. The van der Waals surface area contributed by atoms with Crippen molar-refractivity contribution in [2.75, 3.05) is 24.4 Å². The van der Waals surface area contributed by atoms with Gasteiger partial charge in [0.15, 0.2) is 0 Å². The number of imide groups is 1. The fourth-order valence-electron chi connectivity index (χ4n) is 3.33. The number of halogens is 2. The Hall–Kier alpha value is -4.01. The third-order valence-electron chi connectivity index (χ3n) is 5.05. The number of carbonyl (C=O) groups is 3. The highest BCUT2D eigenvalue weighted by molar-refractivity contribution is 6.53. The molecule has 4 rings (SSSR count). The summed E-state index contributed by atoms with van der Waals surface area (Å²) in [6, 6.07) is 17.3. The fraction of sp³-hybridized carbons (Fsp3) is 0.0800. The summed E-state index contributed by atoms with van der Waals surface area (Å²) in [5, 5.41) is 2.87. The van der Waals surface area contributed by atoms with Crippen molar-refractivity contribution in [3.05, 3.63) is 88.0 Å². The molecule has 0 unspecified atom stereocenters. The molecule has 3 aromatic carbocycles. The standard InChI is InChI=1S/C25H18Cl2N2O6/c1-33-17-4-3-5-18(13-17)35-25(32)14-6-9-16(10-7-14)28-22-21(27)23(30)29(24(22)31)19-12-15(26)8-11-20(19)34-2/h3-13,28H,1-2H3. The van der Waals surface area contributed by atoms with Gasteiger partial charge in [-0.15, -0.1) is 0 Å². The van der Waals surface area contributed by atoms with Gasteiger partial charge >= 0.3 is 5.97 Å². The molecule has 0 aromatic heterocycles. The highest BCUT2D eigenvalue weighted by Gasteiger charge is 2.40. The number of hydrogen-bond donors (Lipinski definition) is 1. The van der Waals surface area contributed by atoms with Crippen molar-refractivity contribution in [1.82, 2.24) is 0 Å². The second-order valence-electron chi connectivity index (χ2n) is 7.22. The zero-order valence-electron chi connectivity index (χ0n) is 18.5. The van der Waals surface area contributed by atoms with Crippen LogP contribution in [-0.2, 0) is 9.59 Å². The van der Waals surface area contributed by atoms with Gasteiger partial charge in [-0.3, -0.25) is 9.59 Å². The van der Waals surface area contributed by atoms with Crippen LogP contribution < -0.4 is 24.4 Å². The largest absolute Gasteiger partial charge is 0.497 e. The summed E-state index contributed by atoms with van der Waals surface area (Å²) >= 11 is 12.2. The van der Waals surface area contributed by atoms with Gasteiger partial charge in [0, 0.05) is 16.8 Å². The normalized spacial score (nSPS) is 13.2. The van der Waals surface area contributed by atoms with E-state index < -0.39 is 17.8 Å². The van der Waals surface area contributed by atoms with Gasteiger partial charge in [-0.25, -0.2) is 9.69 Å². The number of esters is 1. The average Bonchev–Trinajstić information content (AvgIpc) is 3.07. The molecule has 0 bridgehead atoms. The van der Waals surface area contributed by atoms with Gasteiger partial charge in [-0.2, -0.15) is 0 Å². The quantitative estimate of drug-likeness (QED) is 0.270. The molecule has 0 aliphatic carbocycles. The Morgan fingerprint density at radius 1 is 0.857 bits per heavy atom. The molecule has 1 N–H and O–H groups in total. The van der Waals surface area contributed by atoms with Crippen LogP contribution in [0.4, 0.5) is 11.4 Å². The van der Waals surface area contributed by atoms with Gasteiger partial charge in [-0.05, 0) is 54.6 Å². The van der Waals surface area contributed by atoms with E-state index in [2.05, 4.69) is 5.32 Å². The van der Waals surface area contributed by atoms with Crippen LogP contribution in [-0.4, -0.2) is 32.0 Å². The Bertz CT molecular complexity index is 1350. The van der Waals surface area contributed by atoms with Crippen LogP contribution in [0.5, 0.6) is 17.2 Å². The smallest absolute Gasteiger partial charge is 0.343 e. The predicted molar refractivity (Wildman–Crippen MR) is 131 cm³/mol. The van der Waals surface area contributed by atoms with E-state index in [1.54, 1.807) is 48.5 Å². The fourth-order valence-corrected chi connectivity index (χ4v) is 3.71. The number of rotatable bonds is 7. The monoisotopic (exact) mass is 512 g/mol.